The highest BCUT2D eigenvalue weighted by molar-refractivity contribution is 6.03. The van der Waals surface area contributed by atoms with Gasteiger partial charge in [-0.2, -0.15) is 0 Å². The standard InChI is InChI=1S/C22H17N5O2/c1-14(28)15-7-9-17(10-8-15)26-22(29)19-12-25-20(13-24-19)27-18-6-2-4-16-5-3-11-23-21(16)18/h2-13H,1H3,(H,25,27)(H,26,29). The van der Waals surface area contributed by atoms with Gasteiger partial charge < -0.3 is 10.6 Å². The third-order valence-corrected chi connectivity index (χ3v) is 4.33. The predicted molar refractivity (Wildman–Crippen MR) is 111 cm³/mol. The number of aromatic nitrogens is 3. The Balaban J connectivity index is 1.47. The number of anilines is 3. The number of hydrogen-bond acceptors (Lipinski definition) is 6. The van der Waals surface area contributed by atoms with Gasteiger partial charge in [0.15, 0.2) is 5.78 Å². The Hall–Kier alpha value is -4.13. The van der Waals surface area contributed by atoms with E-state index in [-0.39, 0.29) is 17.4 Å². The Labute approximate surface area is 166 Å². The zero-order chi connectivity index (χ0) is 20.2. The van der Waals surface area contributed by atoms with Crippen molar-refractivity contribution in [2.45, 2.75) is 6.92 Å². The number of fused-ring (bicyclic) bond motifs is 1. The number of hydrogen-bond donors (Lipinski definition) is 2. The molecule has 0 aliphatic rings. The number of Topliss-reactive ketones (excluding diaryl/α,β-unsaturated/α-hetero) is 1. The summed E-state index contributed by atoms with van der Waals surface area (Å²) in [4.78, 5) is 36.5. The molecular formula is C22H17N5O2. The van der Waals surface area contributed by atoms with Gasteiger partial charge in [0.25, 0.3) is 5.91 Å². The average Bonchev–Trinajstić information content (AvgIpc) is 2.75. The molecule has 2 N–H and O–H groups in total. The summed E-state index contributed by atoms with van der Waals surface area (Å²) in [6.07, 6.45) is 4.63. The minimum absolute atomic E-state index is 0.0294. The molecule has 0 saturated carbocycles. The lowest BCUT2D eigenvalue weighted by Gasteiger charge is -2.09. The van der Waals surface area contributed by atoms with Crippen molar-refractivity contribution in [3.05, 3.63) is 84.4 Å². The fourth-order valence-electron chi connectivity index (χ4n) is 2.84. The van der Waals surface area contributed by atoms with Crippen molar-refractivity contribution in [3.8, 4) is 0 Å². The van der Waals surface area contributed by atoms with Crippen molar-refractivity contribution in [1.29, 1.82) is 0 Å². The van der Waals surface area contributed by atoms with Gasteiger partial charge in [0.1, 0.15) is 11.5 Å². The molecule has 4 rings (SSSR count). The molecule has 0 aliphatic carbocycles. The molecular weight excluding hydrogens is 366 g/mol. The molecule has 7 nitrogen and oxygen atoms in total. The summed E-state index contributed by atoms with van der Waals surface area (Å²) < 4.78 is 0. The molecule has 0 saturated heterocycles. The van der Waals surface area contributed by atoms with E-state index in [0.717, 1.165) is 16.6 Å². The highest BCUT2D eigenvalue weighted by Gasteiger charge is 2.10. The maximum atomic E-state index is 12.4. The SMILES string of the molecule is CC(=O)c1ccc(NC(=O)c2cnc(Nc3cccc4cccnc34)cn2)cc1. The molecule has 0 atom stereocenters. The van der Waals surface area contributed by atoms with Crippen LogP contribution < -0.4 is 10.6 Å². The number of amides is 1. The predicted octanol–water partition coefficient (Wildman–Crippen LogP) is 4.22. The number of nitrogens with one attached hydrogen (secondary N) is 2. The third-order valence-electron chi connectivity index (χ3n) is 4.33. The first-order chi connectivity index (χ1) is 14.1. The lowest BCUT2D eigenvalue weighted by molar-refractivity contribution is 0.101. The van der Waals surface area contributed by atoms with Crippen LogP contribution in [-0.2, 0) is 0 Å². The molecule has 0 spiro atoms. The highest BCUT2D eigenvalue weighted by Crippen LogP contribution is 2.23. The van der Waals surface area contributed by atoms with Crippen LogP contribution in [-0.4, -0.2) is 26.6 Å². The number of carbonyl (C=O) groups is 2. The molecule has 2 aromatic heterocycles. The van der Waals surface area contributed by atoms with Crippen LogP contribution in [0.3, 0.4) is 0 Å². The molecule has 2 heterocycles. The molecule has 0 bridgehead atoms. The second-order valence-corrected chi connectivity index (χ2v) is 6.38. The summed E-state index contributed by atoms with van der Waals surface area (Å²) in [5, 5.41) is 6.93. The van der Waals surface area contributed by atoms with Crippen LogP contribution in [0.4, 0.5) is 17.2 Å². The molecule has 0 aliphatic heterocycles. The zero-order valence-electron chi connectivity index (χ0n) is 15.6. The largest absolute Gasteiger partial charge is 0.337 e. The van der Waals surface area contributed by atoms with E-state index >= 15 is 0 Å². The first kappa shape index (κ1) is 18.2. The number of rotatable bonds is 5. The Morgan fingerprint density at radius 3 is 2.38 bits per heavy atom. The summed E-state index contributed by atoms with van der Waals surface area (Å²) >= 11 is 0. The Morgan fingerprint density at radius 2 is 1.66 bits per heavy atom. The monoisotopic (exact) mass is 383 g/mol. The van der Waals surface area contributed by atoms with E-state index in [4.69, 9.17) is 0 Å². The molecule has 0 radical (unpaired) electrons. The van der Waals surface area contributed by atoms with Gasteiger partial charge in [0, 0.05) is 22.8 Å². The Bertz CT molecular complexity index is 1180. The van der Waals surface area contributed by atoms with Crippen LogP contribution in [0.1, 0.15) is 27.8 Å². The van der Waals surface area contributed by atoms with Crippen molar-refractivity contribution < 1.29 is 9.59 Å². The molecule has 0 unspecified atom stereocenters. The fourth-order valence-corrected chi connectivity index (χ4v) is 2.84. The van der Waals surface area contributed by atoms with Gasteiger partial charge in [0.05, 0.1) is 23.6 Å². The normalized spacial score (nSPS) is 10.5. The zero-order valence-corrected chi connectivity index (χ0v) is 15.6. The van der Waals surface area contributed by atoms with E-state index in [1.165, 1.54) is 19.3 Å². The van der Waals surface area contributed by atoms with Gasteiger partial charge in [-0.1, -0.05) is 18.2 Å². The van der Waals surface area contributed by atoms with Crippen molar-refractivity contribution >= 4 is 39.8 Å². The van der Waals surface area contributed by atoms with Crippen LogP contribution in [0, 0.1) is 0 Å². The number of pyridine rings is 1. The van der Waals surface area contributed by atoms with Gasteiger partial charge in [-0.15, -0.1) is 0 Å². The van der Waals surface area contributed by atoms with Gasteiger partial charge >= 0.3 is 0 Å². The van der Waals surface area contributed by atoms with E-state index in [2.05, 4.69) is 25.6 Å². The van der Waals surface area contributed by atoms with Crippen molar-refractivity contribution in [3.63, 3.8) is 0 Å². The van der Waals surface area contributed by atoms with Gasteiger partial charge in [-0.3, -0.25) is 14.6 Å². The average molecular weight is 383 g/mol. The number of ketones is 1. The van der Waals surface area contributed by atoms with Crippen molar-refractivity contribution in [2.75, 3.05) is 10.6 Å². The van der Waals surface area contributed by atoms with E-state index in [1.54, 1.807) is 30.5 Å². The molecule has 1 amide bonds. The highest BCUT2D eigenvalue weighted by atomic mass is 16.2. The summed E-state index contributed by atoms with van der Waals surface area (Å²) in [6, 6.07) is 16.3. The minimum atomic E-state index is -0.383. The van der Waals surface area contributed by atoms with Crippen molar-refractivity contribution in [2.24, 2.45) is 0 Å². The summed E-state index contributed by atoms with van der Waals surface area (Å²) in [5.74, 6) is 0.0928. The molecule has 0 fully saturated rings. The number of carbonyl (C=O) groups excluding carboxylic acids is 2. The first-order valence-electron chi connectivity index (χ1n) is 8.95. The first-order valence-corrected chi connectivity index (χ1v) is 8.95. The lowest BCUT2D eigenvalue weighted by atomic mass is 10.1. The number of nitrogens with zero attached hydrogens (tertiary/aromatic N) is 3. The van der Waals surface area contributed by atoms with Gasteiger partial charge in [0.2, 0.25) is 0 Å². The number of benzene rings is 2. The second-order valence-electron chi connectivity index (χ2n) is 6.38. The van der Waals surface area contributed by atoms with Crippen LogP contribution in [0.15, 0.2) is 73.2 Å². The van der Waals surface area contributed by atoms with E-state index < -0.39 is 0 Å². The van der Waals surface area contributed by atoms with Crippen LogP contribution in [0.25, 0.3) is 10.9 Å². The van der Waals surface area contributed by atoms with Gasteiger partial charge in [-0.25, -0.2) is 9.97 Å². The summed E-state index contributed by atoms with van der Waals surface area (Å²) in [5.41, 5.74) is 2.97. The Morgan fingerprint density at radius 1 is 0.862 bits per heavy atom. The molecule has 4 aromatic rings. The minimum Gasteiger partial charge on any atom is -0.337 e. The van der Waals surface area contributed by atoms with Gasteiger partial charge in [-0.05, 0) is 43.3 Å². The topological polar surface area (TPSA) is 96.9 Å². The summed E-state index contributed by atoms with van der Waals surface area (Å²) in [6.45, 7) is 1.49. The maximum absolute atomic E-state index is 12.4. The second kappa shape index (κ2) is 7.85. The molecule has 142 valence electrons. The van der Waals surface area contributed by atoms with Crippen LogP contribution in [0.2, 0.25) is 0 Å². The maximum Gasteiger partial charge on any atom is 0.275 e. The summed E-state index contributed by atoms with van der Waals surface area (Å²) in [7, 11) is 0. The lowest BCUT2D eigenvalue weighted by Crippen LogP contribution is -2.14. The third kappa shape index (κ3) is 4.08. The van der Waals surface area contributed by atoms with E-state index in [1.807, 2.05) is 30.3 Å². The van der Waals surface area contributed by atoms with Crippen LogP contribution >= 0.6 is 0 Å². The molecule has 2 aromatic carbocycles. The smallest absolute Gasteiger partial charge is 0.275 e. The van der Waals surface area contributed by atoms with Crippen molar-refractivity contribution in [1.82, 2.24) is 15.0 Å². The quantitative estimate of drug-likeness (QED) is 0.501. The molecule has 29 heavy (non-hydrogen) atoms. The van der Waals surface area contributed by atoms with E-state index in [9.17, 15) is 9.59 Å². The van der Waals surface area contributed by atoms with Crippen LogP contribution in [0.5, 0.6) is 0 Å². The number of para-hydroxylation sites is 1. The Kier molecular flexibility index (Phi) is 4.94. The molecule has 7 heteroatoms. The fraction of sp³-hybridized carbons (Fsp3) is 0.0455. The van der Waals surface area contributed by atoms with E-state index in [0.29, 0.717) is 17.1 Å².